The van der Waals surface area contributed by atoms with Crippen molar-refractivity contribution in [1.82, 2.24) is 5.32 Å². The lowest BCUT2D eigenvalue weighted by Crippen LogP contribution is -2.37. The average Bonchev–Trinajstić information content (AvgIpc) is 2.28. The lowest BCUT2D eigenvalue weighted by molar-refractivity contribution is 0.0538. The number of para-hydroxylation sites is 1. The van der Waals surface area contributed by atoms with E-state index in [1.54, 1.807) is 14.0 Å². The second-order valence-corrected chi connectivity index (χ2v) is 5.00. The fourth-order valence-corrected chi connectivity index (χ4v) is 1.79. The summed E-state index contributed by atoms with van der Waals surface area (Å²) in [4.78, 5) is 0. The van der Waals surface area contributed by atoms with Crippen LogP contribution in [-0.4, -0.2) is 25.3 Å². The summed E-state index contributed by atoms with van der Waals surface area (Å²) in [7, 11) is 1.62. The topological polar surface area (TPSA) is 41.5 Å². The maximum absolute atomic E-state index is 10.5. The molecule has 0 spiro atoms. The molecule has 1 aromatic rings. The number of methoxy groups -OCH3 is 1. The molecule has 17 heavy (non-hydrogen) atoms. The molecule has 1 atom stereocenters. The first-order valence-corrected chi connectivity index (χ1v) is 6.04. The molecule has 0 aromatic heterocycles. The van der Waals surface area contributed by atoms with Gasteiger partial charge in [0.2, 0.25) is 0 Å². The van der Waals surface area contributed by atoms with E-state index in [-0.39, 0.29) is 0 Å². The minimum atomic E-state index is -0.915. The molecule has 1 rings (SSSR count). The average molecular weight is 237 g/mol. The minimum absolute atomic E-state index is 0.519. The van der Waals surface area contributed by atoms with Crippen LogP contribution in [0.4, 0.5) is 0 Å². The van der Waals surface area contributed by atoms with Gasteiger partial charge in [0, 0.05) is 12.1 Å². The van der Waals surface area contributed by atoms with E-state index in [0.717, 1.165) is 17.9 Å². The first-order valence-electron chi connectivity index (χ1n) is 6.04. The second kappa shape index (κ2) is 6.03. The Bertz CT molecular complexity index is 348. The molecule has 0 radical (unpaired) electrons. The van der Waals surface area contributed by atoms with Gasteiger partial charge in [0.15, 0.2) is 0 Å². The van der Waals surface area contributed by atoms with E-state index < -0.39 is 5.60 Å². The maximum Gasteiger partial charge on any atom is 0.124 e. The summed E-state index contributed by atoms with van der Waals surface area (Å²) in [5.41, 5.74) is -0.0969. The quantitative estimate of drug-likeness (QED) is 0.796. The van der Waals surface area contributed by atoms with Gasteiger partial charge >= 0.3 is 0 Å². The van der Waals surface area contributed by atoms with Crippen LogP contribution < -0.4 is 10.1 Å². The van der Waals surface area contributed by atoms with Crippen molar-refractivity contribution in [2.75, 3.05) is 20.2 Å². The van der Waals surface area contributed by atoms with Crippen LogP contribution >= 0.6 is 0 Å². The summed E-state index contributed by atoms with van der Waals surface area (Å²) in [6.45, 7) is 7.50. The van der Waals surface area contributed by atoms with Gasteiger partial charge in [-0.05, 0) is 25.5 Å². The third kappa shape index (κ3) is 4.02. The number of hydrogen-bond acceptors (Lipinski definition) is 3. The molecule has 0 saturated heterocycles. The molecule has 0 aliphatic carbocycles. The van der Waals surface area contributed by atoms with Crippen LogP contribution in [-0.2, 0) is 5.60 Å². The van der Waals surface area contributed by atoms with E-state index >= 15 is 0 Å². The van der Waals surface area contributed by atoms with Gasteiger partial charge in [-0.15, -0.1) is 0 Å². The van der Waals surface area contributed by atoms with Crippen molar-refractivity contribution < 1.29 is 9.84 Å². The van der Waals surface area contributed by atoms with Gasteiger partial charge < -0.3 is 15.2 Å². The summed E-state index contributed by atoms with van der Waals surface area (Å²) in [5, 5.41) is 13.7. The van der Waals surface area contributed by atoms with Gasteiger partial charge in [-0.25, -0.2) is 0 Å². The molecule has 0 aliphatic heterocycles. The standard InChI is InChI=1S/C14H23NO2/c1-11(2)9-15-10-14(3,16)12-7-5-6-8-13(12)17-4/h5-8,11,15-16H,9-10H2,1-4H3. The zero-order valence-corrected chi connectivity index (χ0v) is 11.2. The van der Waals surface area contributed by atoms with Crippen LogP contribution in [0.25, 0.3) is 0 Å². The Hall–Kier alpha value is -1.06. The van der Waals surface area contributed by atoms with Crippen molar-refractivity contribution in [2.45, 2.75) is 26.4 Å². The number of rotatable bonds is 6. The van der Waals surface area contributed by atoms with Gasteiger partial charge in [-0.2, -0.15) is 0 Å². The molecule has 0 heterocycles. The Kier molecular flexibility index (Phi) is 4.97. The third-order valence-corrected chi connectivity index (χ3v) is 2.71. The molecule has 3 nitrogen and oxygen atoms in total. The fourth-order valence-electron chi connectivity index (χ4n) is 1.79. The summed E-state index contributed by atoms with van der Waals surface area (Å²) in [5.74, 6) is 1.30. The summed E-state index contributed by atoms with van der Waals surface area (Å²) < 4.78 is 5.27. The Labute approximate surface area is 104 Å². The highest BCUT2D eigenvalue weighted by Crippen LogP contribution is 2.28. The SMILES string of the molecule is COc1ccccc1C(C)(O)CNCC(C)C. The van der Waals surface area contributed by atoms with Gasteiger partial charge in [0.05, 0.1) is 7.11 Å². The Morgan fingerprint density at radius 2 is 2.00 bits per heavy atom. The monoisotopic (exact) mass is 237 g/mol. The molecular formula is C14H23NO2. The largest absolute Gasteiger partial charge is 0.496 e. The van der Waals surface area contributed by atoms with E-state index in [1.165, 1.54) is 0 Å². The zero-order valence-electron chi connectivity index (χ0n) is 11.2. The summed E-state index contributed by atoms with van der Waals surface area (Å²) in [6, 6.07) is 7.58. The van der Waals surface area contributed by atoms with Crippen molar-refractivity contribution in [3.05, 3.63) is 29.8 Å². The predicted molar refractivity (Wildman–Crippen MR) is 70.3 cm³/mol. The smallest absolute Gasteiger partial charge is 0.124 e. The molecule has 1 aromatic carbocycles. The van der Waals surface area contributed by atoms with Crippen LogP contribution in [0.3, 0.4) is 0 Å². The van der Waals surface area contributed by atoms with E-state index in [9.17, 15) is 5.11 Å². The highest BCUT2D eigenvalue weighted by molar-refractivity contribution is 5.37. The minimum Gasteiger partial charge on any atom is -0.496 e. The summed E-state index contributed by atoms with van der Waals surface area (Å²) >= 11 is 0. The molecular weight excluding hydrogens is 214 g/mol. The number of nitrogens with one attached hydrogen (secondary N) is 1. The molecule has 0 aliphatic rings. The van der Waals surface area contributed by atoms with Crippen LogP contribution in [0.2, 0.25) is 0 Å². The normalized spacial score (nSPS) is 14.7. The number of aliphatic hydroxyl groups is 1. The second-order valence-electron chi connectivity index (χ2n) is 5.00. The van der Waals surface area contributed by atoms with E-state index in [2.05, 4.69) is 19.2 Å². The molecule has 0 bridgehead atoms. The molecule has 0 fully saturated rings. The van der Waals surface area contributed by atoms with Crippen LogP contribution in [0, 0.1) is 5.92 Å². The Balaban J connectivity index is 2.74. The van der Waals surface area contributed by atoms with Gasteiger partial charge in [-0.3, -0.25) is 0 Å². The predicted octanol–water partition coefficient (Wildman–Crippen LogP) is 2.15. The van der Waals surface area contributed by atoms with Crippen molar-refractivity contribution in [3.63, 3.8) is 0 Å². The molecule has 96 valence electrons. The first-order chi connectivity index (χ1) is 7.97. The lowest BCUT2D eigenvalue weighted by Gasteiger charge is -2.26. The Morgan fingerprint density at radius 1 is 1.35 bits per heavy atom. The Morgan fingerprint density at radius 3 is 2.59 bits per heavy atom. The number of hydrogen-bond donors (Lipinski definition) is 2. The number of benzene rings is 1. The van der Waals surface area contributed by atoms with E-state index in [0.29, 0.717) is 12.5 Å². The molecule has 1 unspecified atom stereocenters. The van der Waals surface area contributed by atoms with E-state index in [1.807, 2.05) is 24.3 Å². The molecule has 3 heteroatoms. The van der Waals surface area contributed by atoms with Gasteiger partial charge in [-0.1, -0.05) is 32.0 Å². The van der Waals surface area contributed by atoms with Crippen molar-refractivity contribution in [1.29, 1.82) is 0 Å². The summed E-state index contributed by atoms with van der Waals surface area (Å²) in [6.07, 6.45) is 0. The van der Waals surface area contributed by atoms with Crippen LogP contribution in [0.5, 0.6) is 5.75 Å². The van der Waals surface area contributed by atoms with Crippen molar-refractivity contribution in [2.24, 2.45) is 5.92 Å². The molecule has 2 N–H and O–H groups in total. The lowest BCUT2D eigenvalue weighted by atomic mass is 9.95. The molecule has 0 saturated carbocycles. The highest BCUT2D eigenvalue weighted by Gasteiger charge is 2.25. The fraction of sp³-hybridized carbons (Fsp3) is 0.571. The van der Waals surface area contributed by atoms with Crippen LogP contribution in [0.15, 0.2) is 24.3 Å². The maximum atomic E-state index is 10.5. The zero-order chi connectivity index (χ0) is 12.9. The van der Waals surface area contributed by atoms with Gasteiger partial charge in [0.1, 0.15) is 11.4 Å². The van der Waals surface area contributed by atoms with Gasteiger partial charge in [0.25, 0.3) is 0 Å². The molecule has 0 amide bonds. The number of ether oxygens (including phenoxy) is 1. The third-order valence-electron chi connectivity index (χ3n) is 2.71. The van der Waals surface area contributed by atoms with E-state index in [4.69, 9.17) is 4.74 Å². The van der Waals surface area contributed by atoms with Crippen molar-refractivity contribution in [3.8, 4) is 5.75 Å². The van der Waals surface area contributed by atoms with Crippen LogP contribution in [0.1, 0.15) is 26.3 Å². The highest BCUT2D eigenvalue weighted by atomic mass is 16.5. The first kappa shape index (κ1) is 14.0. The van der Waals surface area contributed by atoms with Crippen molar-refractivity contribution >= 4 is 0 Å².